The van der Waals surface area contributed by atoms with Crippen molar-refractivity contribution in [3.8, 4) is 0 Å². The molecule has 2 saturated heterocycles. The van der Waals surface area contributed by atoms with Gasteiger partial charge >= 0.3 is 0 Å². The Balaban J connectivity index is 0.00000192. The van der Waals surface area contributed by atoms with Crippen molar-refractivity contribution in [1.82, 2.24) is 4.90 Å². The summed E-state index contributed by atoms with van der Waals surface area (Å²) >= 11 is 0. The fourth-order valence-electron chi connectivity index (χ4n) is 3.25. The molecule has 0 aromatic heterocycles. The average Bonchev–Trinajstić information content (AvgIpc) is 3.03. The molecule has 1 amide bonds. The smallest absolute Gasteiger partial charge is 0.251 e. The minimum atomic E-state index is -0.338. The lowest BCUT2D eigenvalue weighted by atomic mass is 10.1. The Morgan fingerprint density at radius 1 is 1.22 bits per heavy atom. The Labute approximate surface area is 143 Å². The van der Waals surface area contributed by atoms with Crippen molar-refractivity contribution in [2.24, 2.45) is 5.73 Å². The zero-order chi connectivity index (χ0) is 15.5. The molecule has 2 unspecified atom stereocenters. The van der Waals surface area contributed by atoms with Crippen molar-refractivity contribution in [3.05, 3.63) is 35.9 Å². The van der Waals surface area contributed by atoms with E-state index in [0.29, 0.717) is 19.6 Å². The SMILES string of the molecule is CC1CN(C(=O)[C@@H]2CC[C@H](CN)O2)CC(c2ccccc2)O1.Cl. The van der Waals surface area contributed by atoms with Crippen molar-refractivity contribution < 1.29 is 14.3 Å². The summed E-state index contributed by atoms with van der Waals surface area (Å²) in [4.78, 5) is 14.6. The van der Waals surface area contributed by atoms with Gasteiger partial charge in [0.15, 0.2) is 0 Å². The van der Waals surface area contributed by atoms with Crippen molar-refractivity contribution >= 4 is 18.3 Å². The number of carbonyl (C=O) groups is 1. The monoisotopic (exact) mass is 340 g/mol. The molecule has 1 aromatic carbocycles. The Morgan fingerprint density at radius 2 is 1.96 bits per heavy atom. The Morgan fingerprint density at radius 3 is 2.61 bits per heavy atom. The highest BCUT2D eigenvalue weighted by atomic mass is 35.5. The Hall–Kier alpha value is -1.14. The number of amides is 1. The first kappa shape index (κ1) is 18.2. The lowest BCUT2D eigenvalue weighted by Crippen LogP contribution is -2.49. The summed E-state index contributed by atoms with van der Waals surface area (Å²) in [7, 11) is 0. The van der Waals surface area contributed by atoms with E-state index in [1.807, 2.05) is 42.2 Å². The van der Waals surface area contributed by atoms with Gasteiger partial charge < -0.3 is 20.1 Å². The molecule has 1 aromatic rings. The fraction of sp³-hybridized carbons (Fsp3) is 0.588. The van der Waals surface area contributed by atoms with Crippen LogP contribution in [0, 0.1) is 0 Å². The third-order valence-electron chi connectivity index (χ3n) is 4.39. The van der Waals surface area contributed by atoms with Gasteiger partial charge in [0.05, 0.1) is 18.8 Å². The number of benzene rings is 1. The molecule has 0 bridgehead atoms. The maximum absolute atomic E-state index is 12.7. The summed E-state index contributed by atoms with van der Waals surface area (Å²) in [5.41, 5.74) is 6.74. The van der Waals surface area contributed by atoms with Crippen LogP contribution in [0.15, 0.2) is 30.3 Å². The number of halogens is 1. The number of nitrogens with two attached hydrogens (primary N) is 1. The van der Waals surface area contributed by atoms with Crippen LogP contribution in [0.2, 0.25) is 0 Å². The van der Waals surface area contributed by atoms with E-state index in [1.165, 1.54) is 0 Å². The average molecular weight is 341 g/mol. The number of hydrogen-bond acceptors (Lipinski definition) is 4. The van der Waals surface area contributed by atoms with Crippen LogP contribution < -0.4 is 5.73 Å². The quantitative estimate of drug-likeness (QED) is 0.912. The van der Waals surface area contributed by atoms with Gasteiger partial charge in [0.1, 0.15) is 12.2 Å². The van der Waals surface area contributed by atoms with Crippen LogP contribution >= 0.6 is 12.4 Å². The molecular weight excluding hydrogens is 316 g/mol. The van der Waals surface area contributed by atoms with Gasteiger partial charge in [-0.15, -0.1) is 12.4 Å². The molecule has 2 aliphatic rings. The number of carbonyl (C=O) groups excluding carboxylic acids is 1. The van der Waals surface area contributed by atoms with E-state index >= 15 is 0 Å². The van der Waals surface area contributed by atoms with Crippen LogP contribution in [0.4, 0.5) is 0 Å². The molecule has 4 atom stereocenters. The minimum Gasteiger partial charge on any atom is -0.367 e. The predicted molar refractivity (Wildman–Crippen MR) is 90.5 cm³/mol. The highest BCUT2D eigenvalue weighted by Gasteiger charge is 2.36. The van der Waals surface area contributed by atoms with E-state index in [0.717, 1.165) is 18.4 Å². The molecule has 0 saturated carbocycles. The van der Waals surface area contributed by atoms with Gasteiger partial charge in [-0.05, 0) is 25.3 Å². The van der Waals surface area contributed by atoms with E-state index in [9.17, 15) is 4.79 Å². The van der Waals surface area contributed by atoms with Crippen LogP contribution in [0.5, 0.6) is 0 Å². The maximum Gasteiger partial charge on any atom is 0.251 e. The van der Waals surface area contributed by atoms with Gasteiger partial charge in [-0.1, -0.05) is 30.3 Å². The van der Waals surface area contributed by atoms with E-state index in [1.54, 1.807) is 0 Å². The molecule has 3 rings (SSSR count). The first-order valence-corrected chi connectivity index (χ1v) is 8.02. The predicted octanol–water partition coefficient (Wildman–Crippen LogP) is 1.90. The molecule has 5 nitrogen and oxygen atoms in total. The Kier molecular flexibility index (Phi) is 6.41. The third kappa shape index (κ3) is 4.23. The largest absolute Gasteiger partial charge is 0.367 e. The second-order valence-electron chi connectivity index (χ2n) is 6.15. The van der Waals surface area contributed by atoms with Crippen LogP contribution in [0.1, 0.15) is 31.4 Å². The summed E-state index contributed by atoms with van der Waals surface area (Å²) in [6.45, 7) is 3.69. The number of rotatable bonds is 3. The summed E-state index contributed by atoms with van der Waals surface area (Å²) in [6, 6.07) is 10.1. The van der Waals surface area contributed by atoms with Gasteiger partial charge in [-0.3, -0.25) is 4.79 Å². The molecule has 0 radical (unpaired) electrons. The van der Waals surface area contributed by atoms with Crippen LogP contribution in [-0.4, -0.2) is 48.8 Å². The standard InChI is InChI=1S/C17H24N2O3.ClH/c1-12-10-19(17(20)15-8-7-14(9-18)22-15)11-16(21-12)13-5-3-2-4-6-13;/h2-6,12,14-16H,7-11,18H2,1H3;1H/t12?,14-,15+,16?;/m1./s1. The second kappa shape index (κ2) is 8.11. The summed E-state index contributed by atoms with van der Waals surface area (Å²) < 4.78 is 11.7. The van der Waals surface area contributed by atoms with Gasteiger partial charge in [0, 0.05) is 13.1 Å². The van der Waals surface area contributed by atoms with Gasteiger partial charge in [-0.25, -0.2) is 0 Å². The van der Waals surface area contributed by atoms with Crippen molar-refractivity contribution in [2.45, 2.75) is 44.2 Å². The highest BCUT2D eigenvalue weighted by molar-refractivity contribution is 5.85. The van der Waals surface area contributed by atoms with E-state index < -0.39 is 0 Å². The zero-order valence-electron chi connectivity index (χ0n) is 13.4. The number of morpholine rings is 1. The summed E-state index contributed by atoms with van der Waals surface area (Å²) in [5.74, 6) is 0.0760. The number of ether oxygens (including phenoxy) is 2. The van der Waals surface area contributed by atoms with Gasteiger partial charge in [0.2, 0.25) is 0 Å². The van der Waals surface area contributed by atoms with E-state index in [-0.39, 0.29) is 42.7 Å². The van der Waals surface area contributed by atoms with Crippen molar-refractivity contribution in [2.75, 3.05) is 19.6 Å². The minimum absolute atomic E-state index is 0. The van der Waals surface area contributed by atoms with Crippen LogP contribution in [0.3, 0.4) is 0 Å². The third-order valence-corrected chi connectivity index (χ3v) is 4.39. The molecule has 2 fully saturated rings. The molecule has 128 valence electrons. The van der Waals surface area contributed by atoms with Crippen molar-refractivity contribution in [3.63, 3.8) is 0 Å². The molecule has 23 heavy (non-hydrogen) atoms. The van der Waals surface area contributed by atoms with Crippen LogP contribution in [-0.2, 0) is 14.3 Å². The second-order valence-corrected chi connectivity index (χ2v) is 6.15. The topological polar surface area (TPSA) is 64.8 Å². The van der Waals surface area contributed by atoms with E-state index in [2.05, 4.69) is 0 Å². The molecular formula is C17H25ClN2O3. The van der Waals surface area contributed by atoms with Crippen LogP contribution in [0.25, 0.3) is 0 Å². The lowest BCUT2D eigenvalue weighted by molar-refractivity contribution is -0.155. The molecule has 0 spiro atoms. The molecule has 6 heteroatoms. The summed E-state index contributed by atoms with van der Waals surface area (Å²) in [5, 5.41) is 0. The van der Waals surface area contributed by atoms with Gasteiger partial charge in [0.25, 0.3) is 5.91 Å². The van der Waals surface area contributed by atoms with Gasteiger partial charge in [-0.2, -0.15) is 0 Å². The highest BCUT2D eigenvalue weighted by Crippen LogP contribution is 2.27. The first-order chi connectivity index (χ1) is 10.7. The van der Waals surface area contributed by atoms with Crippen molar-refractivity contribution in [1.29, 1.82) is 0 Å². The normalized spacial score (nSPS) is 30.8. The lowest BCUT2D eigenvalue weighted by Gasteiger charge is -2.38. The zero-order valence-corrected chi connectivity index (χ0v) is 14.2. The Bertz CT molecular complexity index is 514. The molecule has 0 aliphatic carbocycles. The number of nitrogens with zero attached hydrogens (tertiary/aromatic N) is 1. The summed E-state index contributed by atoms with van der Waals surface area (Å²) in [6.07, 6.45) is 1.28. The first-order valence-electron chi connectivity index (χ1n) is 8.02. The fourth-order valence-corrected chi connectivity index (χ4v) is 3.25. The van der Waals surface area contributed by atoms with E-state index in [4.69, 9.17) is 15.2 Å². The number of hydrogen-bond donors (Lipinski definition) is 1. The molecule has 2 heterocycles. The molecule has 2 aliphatic heterocycles. The maximum atomic E-state index is 12.7. The molecule has 2 N–H and O–H groups in total.